The molecule has 1 fully saturated rings. The van der Waals surface area contributed by atoms with Gasteiger partial charge in [-0.3, -0.25) is 4.90 Å². The molecule has 0 amide bonds. The molecule has 0 saturated carbocycles. The largest absolute Gasteiger partial charge is 0.395 e. The van der Waals surface area contributed by atoms with Crippen LogP contribution >= 0.6 is 11.6 Å². The van der Waals surface area contributed by atoms with E-state index in [9.17, 15) is 5.11 Å². The third kappa shape index (κ3) is 2.97. The van der Waals surface area contributed by atoms with Gasteiger partial charge in [-0.2, -0.15) is 0 Å². The molecule has 0 radical (unpaired) electrons. The second kappa shape index (κ2) is 5.63. The van der Waals surface area contributed by atoms with Gasteiger partial charge in [-0.05, 0) is 19.8 Å². The van der Waals surface area contributed by atoms with Crippen molar-refractivity contribution in [3.05, 3.63) is 11.6 Å². The molecule has 2 unspecified atom stereocenters. The minimum Gasteiger partial charge on any atom is -0.395 e. The van der Waals surface area contributed by atoms with E-state index >= 15 is 0 Å². The van der Waals surface area contributed by atoms with E-state index in [2.05, 4.69) is 11.8 Å². The zero-order chi connectivity index (χ0) is 9.68. The Labute approximate surface area is 85.2 Å². The first-order chi connectivity index (χ1) is 6.29. The van der Waals surface area contributed by atoms with Crippen molar-refractivity contribution in [1.29, 1.82) is 0 Å². The van der Waals surface area contributed by atoms with Gasteiger partial charge in [0.25, 0.3) is 0 Å². The molecule has 0 aliphatic carbocycles. The van der Waals surface area contributed by atoms with E-state index in [0.717, 1.165) is 13.0 Å². The van der Waals surface area contributed by atoms with Crippen LogP contribution in [0.15, 0.2) is 11.6 Å². The molecule has 0 aromatic heterocycles. The second-order valence-corrected chi connectivity index (χ2v) is 3.93. The van der Waals surface area contributed by atoms with Gasteiger partial charge in [0, 0.05) is 24.2 Å². The summed E-state index contributed by atoms with van der Waals surface area (Å²) >= 11 is 5.49. The Bertz CT molecular complexity index is 172. The first-order valence-electron chi connectivity index (χ1n) is 4.91. The summed E-state index contributed by atoms with van der Waals surface area (Å²) in [5, 5.41) is 9.18. The van der Waals surface area contributed by atoms with Crippen LogP contribution in [0, 0.1) is 0 Å². The Morgan fingerprint density at radius 2 is 2.31 bits per heavy atom. The number of likely N-dealkylation sites (tertiary alicyclic amines) is 1. The molecular weight excluding hydrogens is 186 g/mol. The Morgan fingerprint density at radius 1 is 1.54 bits per heavy atom. The first kappa shape index (κ1) is 11.0. The fourth-order valence-electron chi connectivity index (χ4n) is 2.03. The van der Waals surface area contributed by atoms with Gasteiger partial charge in [-0.25, -0.2) is 0 Å². The van der Waals surface area contributed by atoms with Crippen molar-refractivity contribution in [1.82, 2.24) is 4.90 Å². The fraction of sp³-hybridized carbons (Fsp3) is 0.800. The van der Waals surface area contributed by atoms with E-state index in [1.54, 1.807) is 5.54 Å². The number of hydrogen-bond acceptors (Lipinski definition) is 2. The van der Waals surface area contributed by atoms with Crippen LogP contribution in [0.4, 0.5) is 0 Å². The van der Waals surface area contributed by atoms with Gasteiger partial charge in [-0.1, -0.05) is 24.1 Å². The summed E-state index contributed by atoms with van der Waals surface area (Å²) in [5.74, 6) is 0. The number of hydrogen-bond donors (Lipinski definition) is 1. The van der Waals surface area contributed by atoms with E-state index in [4.69, 9.17) is 11.6 Å². The summed E-state index contributed by atoms with van der Waals surface area (Å²) in [4.78, 5) is 2.32. The van der Waals surface area contributed by atoms with Crippen LogP contribution in [0.1, 0.15) is 26.2 Å². The summed E-state index contributed by atoms with van der Waals surface area (Å²) in [7, 11) is 0. The van der Waals surface area contributed by atoms with Crippen molar-refractivity contribution in [2.24, 2.45) is 0 Å². The molecule has 13 heavy (non-hydrogen) atoms. The maximum atomic E-state index is 9.18. The molecule has 76 valence electrons. The second-order valence-electron chi connectivity index (χ2n) is 3.67. The number of rotatable bonds is 3. The van der Waals surface area contributed by atoms with Gasteiger partial charge < -0.3 is 5.11 Å². The Hall–Kier alpha value is -0.0500. The standard InChI is InChI=1S/C10H18ClNO/c1-9-4-2-5-10(8-13)12(9)7-3-6-11/h3,6,9-10,13H,2,4-5,7-8H2,1H3/b6-3+. The molecule has 2 nitrogen and oxygen atoms in total. The molecule has 1 heterocycles. The first-order valence-corrected chi connectivity index (χ1v) is 5.35. The highest BCUT2D eigenvalue weighted by molar-refractivity contribution is 6.25. The number of nitrogens with zero attached hydrogens (tertiary/aromatic N) is 1. The number of aliphatic hydroxyl groups excluding tert-OH is 1. The van der Waals surface area contributed by atoms with E-state index < -0.39 is 0 Å². The highest BCUT2D eigenvalue weighted by atomic mass is 35.5. The third-order valence-electron chi connectivity index (χ3n) is 2.81. The van der Waals surface area contributed by atoms with Gasteiger partial charge in [0.05, 0.1) is 6.61 Å². The zero-order valence-electron chi connectivity index (χ0n) is 8.12. The molecule has 1 aliphatic heterocycles. The average molecular weight is 204 g/mol. The predicted octanol–water partition coefficient (Wildman–Crippen LogP) is 1.97. The molecule has 1 rings (SSSR count). The van der Waals surface area contributed by atoms with E-state index in [-0.39, 0.29) is 6.61 Å². The quantitative estimate of drug-likeness (QED) is 0.759. The summed E-state index contributed by atoms with van der Waals surface area (Å²) in [6.07, 6.45) is 5.50. The molecule has 0 aromatic carbocycles. The van der Waals surface area contributed by atoms with Crippen LogP contribution in [0.2, 0.25) is 0 Å². The predicted molar refractivity (Wildman–Crippen MR) is 55.9 cm³/mol. The highest BCUT2D eigenvalue weighted by Crippen LogP contribution is 2.22. The van der Waals surface area contributed by atoms with Crippen molar-refractivity contribution in [3.63, 3.8) is 0 Å². The average Bonchev–Trinajstić information content (AvgIpc) is 2.15. The van der Waals surface area contributed by atoms with Crippen LogP contribution in [0.3, 0.4) is 0 Å². The normalized spacial score (nSPS) is 31.3. The minimum atomic E-state index is 0.264. The van der Waals surface area contributed by atoms with Crippen molar-refractivity contribution >= 4 is 11.6 Å². The lowest BCUT2D eigenvalue weighted by Gasteiger charge is -2.39. The fourth-order valence-corrected chi connectivity index (χ4v) is 2.11. The number of halogens is 1. The Morgan fingerprint density at radius 3 is 2.92 bits per heavy atom. The van der Waals surface area contributed by atoms with Crippen molar-refractivity contribution in [3.8, 4) is 0 Å². The van der Waals surface area contributed by atoms with Crippen molar-refractivity contribution in [2.45, 2.75) is 38.3 Å². The van der Waals surface area contributed by atoms with Gasteiger partial charge >= 0.3 is 0 Å². The Balaban J connectivity index is 2.51. The van der Waals surface area contributed by atoms with Gasteiger partial charge in [0.1, 0.15) is 0 Å². The minimum absolute atomic E-state index is 0.264. The van der Waals surface area contributed by atoms with Crippen LogP contribution in [-0.2, 0) is 0 Å². The molecule has 2 atom stereocenters. The molecule has 0 bridgehead atoms. The molecule has 0 aromatic rings. The lowest BCUT2D eigenvalue weighted by Crippen LogP contribution is -2.47. The monoisotopic (exact) mass is 203 g/mol. The summed E-state index contributed by atoms with van der Waals surface area (Å²) in [6, 6.07) is 0.899. The van der Waals surface area contributed by atoms with E-state index in [1.807, 2.05) is 6.08 Å². The van der Waals surface area contributed by atoms with Gasteiger partial charge in [0.2, 0.25) is 0 Å². The summed E-state index contributed by atoms with van der Waals surface area (Å²) in [6.45, 7) is 3.33. The molecule has 3 heteroatoms. The Kier molecular flexibility index (Phi) is 4.78. The van der Waals surface area contributed by atoms with Crippen LogP contribution in [0.25, 0.3) is 0 Å². The smallest absolute Gasteiger partial charge is 0.0587 e. The third-order valence-corrected chi connectivity index (χ3v) is 2.99. The van der Waals surface area contributed by atoms with Gasteiger partial charge in [0.15, 0.2) is 0 Å². The van der Waals surface area contributed by atoms with Gasteiger partial charge in [-0.15, -0.1) is 0 Å². The molecule has 0 spiro atoms. The summed E-state index contributed by atoms with van der Waals surface area (Å²) in [5.41, 5.74) is 1.55. The molecule has 1 aliphatic rings. The lowest BCUT2D eigenvalue weighted by atomic mass is 9.97. The maximum absolute atomic E-state index is 9.18. The summed E-state index contributed by atoms with van der Waals surface area (Å²) < 4.78 is 0. The van der Waals surface area contributed by atoms with E-state index in [0.29, 0.717) is 12.1 Å². The van der Waals surface area contributed by atoms with E-state index in [1.165, 1.54) is 12.8 Å². The van der Waals surface area contributed by atoms with Crippen molar-refractivity contribution < 1.29 is 5.11 Å². The SMILES string of the molecule is CC1CCCC(CO)N1C/C=C/Cl. The van der Waals surface area contributed by atoms with Crippen LogP contribution in [-0.4, -0.2) is 35.2 Å². The highest BCUT2D eigenvalue weighted by Gasteiger charge is 2.25. The molecule has 1 saturated heterocycles. The maximum Gasteiger partial charge on any atom is 0.0587 e. The lowest BCUT2D eigenvalue weighted by molar-refractivity contribution is 0.0624. The molecule has 1 N–H and O–H groups in total. The van der Waals surface area contributed by atoms with Crippen LogP contribution < -0.4 is 0 Å². The number of aliphatic hydroxyl groups is 1. The van der Waals surface area contributed by atoms with Crippen molar-refractivity contribution in [2.75, 3.05) is 13.2 Å². The number of piperidine rings is 1. The van der Waals surface area contributed by atoms with Crippen LogP contribution in [0.5, 0.6) is 0 Å². The zero-order valence-corrected chi connectivity index (χ0v) is 8.87. The topological polar surface area (TPSA) is 23.5 Å². The molecular formula is C10H18ClNO.